The zero-order valence-electron chi connectivity index (χ0n) is 13.5. The van der Waals surface area contributed by atoms with Gasteiger partial charge in [-0.05, 0) is 56.1 Å². The predicted octanol–water partition coefficient (Wildman–Crippen LogP) is 2.47. The zero-order valence-corrected chi connectivity index (χ0v) is 13.5. The normalized spacial score (nSPS) is 35.6. The number of aryl methyl sites for hydroxylation is 1. The molecule has 0 radical (unpaired) electrons. The quantitative estimate of drug-likeness (QED) is 0.881. The van der Waals surface area contributed by atoms with Crippen LogP contribution in [0, 0.1) is 24.7 Å². The molecule has 118 valence electrons. The minimum atomic E-state index is 0.139. The van der Waals surface area contributed by atoms with Crippen LogP contribution in [0.5, 0.6) is 0 Å². The smallest absolute Gasteiger partial charge is 0.279 e. The SMILES string of the molecule is Cc1ccc(NC(=O)C[NH2+]C23CC4CC(CC(C4)C2)C3)cc1. The van der Waals surface area contributed by atoms with Crippen LogP contribution in [0.4, 0.5) is 5.69 Å². The van der Waals surface area contributed by atoms with Crippen molar-refractivity contribution < 1.29 is 10.1 Å². The summed E-state index contributed by atoms with van der Waals surface area (Å²) >= 11 is 0. The molecule has 3 nitrogen and oxygen atoms in total. The Morgan fingerprint density at radius 2 is 1.64 bits per heavy atom. The van der Waals surface area contributed by atoms with Crippen LogP contribution < -0.4 is 10.6 Å². The van der Waals surface area contributed by atoms with Crippen LogP contribution in [0.25, 0.3) is 0 Å². The number of hydrogen-bond acceptors (Lipinski definition) is 1. The Hall–Kier alpha value is -1.35. The highest BCUT2D eigenvalue weighted by atomic mass is 16.1. The van der Waals surface area contributed by atoms with Gasteiger partial charge in [-0.2, -0.15) is 0 Å². The minimum absolute atomic E-state index is 0.139. The predicted molar refractivity (Wildman–Crippen MR) is 87.5 cm³/mol. The second-order valence-corrected chi connectivity index (χ2v) is 8.10. The van der Waals surface area contributed by atoms with Gasteiger partial charge in [0.15, 0.2) is 6.54 Å². The van der Waals surface area contributed by atoms with Crippen LogP contribution in [0.3, 0.4) is 0 Å². The standard InChI is InChI=1S/C19H26N2O/c1-13-2-4-17(5-3-13)21-18(22)12-20-19-9-14-6-15(10-19)8-16(7-14)11-19/h2-5,14-16,20H,6-12H2,1H3,(H,21,22)/p+1. The highest BCUT2D eigenvalue weighted by molar-refractivity contribution is 5.91. The first-order valence-electron chi connectivity index (χ1n) is 8.81. The Morgan fingerprint density at radius 1 is 1.09 bits per heavy atom. The minimum Gasteiger partial charge on any atom is -0.334 e. The summed E-state index contributed by atoms with van der Waals surface area (Å²) in [6.45, 7) is 2.63. The zero-order chi connectivity index (χ0) is 15.2. The molecule has 0 atom stereocenters. The van der Waals surface area contributed by atoms with Crippen LogP contribution in [-0.4, -0.2) is 18.0 Å². The Kier molecular flexibility index (Phi) is 3.48. The molecule has 0 unspecified atom stereocenters. The number of anilines is 1. The number of benzene rings is 1. The van der Waals surface area contributed by atoms with Crippen LogP contribution in [0.15, 0.2) is 24.3 Å². The van der Waals surface area contributed by atoms with E-state index in [1.54, 1.807) is 0 Å². The van der Waals surface area contributed by atoms with E-state index in [0.717, 1.165) is 23.4 Å². The molecular formula is C19H27N2O+. The van der Waals surface area contributed by atoms with Crippen molar-refractivity contribution in [1.82, 2.24) is 0 Å². The van der Waals surface area contributed by atoms with Gasteiger partial charge in [0.05, 0.1) is 5.54 Å². The molecule has 0 aliphatic heterocycles. The van der Waals surface area contributed by atoms with E-state index in [4.69, 9.17) is 0 Å². The van der Waals surface area contributed by atoms with E-state index in [1.807, 2.05) is 24.3 Å². The monoisotopic (exact) mass is 299 g/mol. The van der Waals surface area contributed by atoms with Gasteiger partial charge < -0.3 is 10.6 Å². The molecule has 4 aliphatic carbocycles. The van der Waals surface area contributed by atoms with Crippen LogP contribution >= 0.6 is 0 Å². The maximum atomic E-state index is 12.2. The molecule has 4 fully saturated rings. The molecule has 1 amide bonds. The van der Waals surface area contributed by atoms with Gasteiger partial charge in [0.2, 0.25) is 0 Å². The molecule has 1 aromatic rings. The van der Waals surface area contributed by atoms with Crippen LogP contribution in [0.2, 0.25) is 0 Å². The van der Waals surface area contributed by atoms with E-state index < -0.39 is 0 Å². The van der Waals surface area contributed by atoms with Crippen molar-refractivity contribution in [3.05, 3.63) is 29.8 Å². The summed E-state index contributed by atoms with van der Waals surface area (Å²) in [6.07, 6.45) is 8.42. The van der Waals surface area contributed by atoms with E-state index >= 15 is 0 Å². The molecule has 0 saturated heterocycles. The number of hydrogen-bond donors (Lipinski definition) is 2. The maximum Gasteiger partial charge on any atom is 0.279 e. The molecule has 0 heterocycles. The fourth-order valence-electron chi connectivity index (χ4n) is 5.59. The number of nitrogens with two attached hydrogens (primary N) is 1. The average Bonchev–Trinajstić information content (AvgIpc) is 2.46. The summed E-state index contributed by atoms with van der Waals surface area (Å²) < 4.78 is 0. The largest absolute Gasteiger partial charge is 0.334 e. The summed E-state index contributed by atoms with van der Waals surface area (Å²) in [6, 6.07) is 8.05. The summed E-state index contributed by atoms with van der Waals surface area (Å²) in [4.78, 5) is 12.2. The molecule has 1 aromatic carbocycles. The molecule has 22 heavy (non-hydrogen) atoms. The summed E-state index contributed by atoms with van der Waals surface area (Å²) in [7, 11) is 0. The molecule has 3 N–H and O–H groups in total. The summed E-state index contributed by atoms with van der Waals surface area (Å²) in [5.74, 6) is 2.98. The highest BCUT2D eigenvalue weighted by Gasteiger charge is 2.53. The fourth-order valence-corrected chi connectivity index (χ4v) is 5.59. The number of rotatable bonds is 4. The van der Waals surface area contributed by atoms with Crippen molar-refractivity contribution in [1.29, 1.82) is 0 Å². The van der Waals surface area contributed by atoms with Crippen LogP contribution in [0.1, 0.15) is 44.1 Å². The molecule has 0 aromatic heterocycles. The Labute approximate surface area is 132 Å². The molecule has 3 heteroatoms. The number of amides is 1. The summed E-state index contributed by atoms with van der Waals surface area (Å²) in [5.41, 5.74) is 2.52. The lowest BCUT2D eigenvalue weighted by molar-refractivity contribution is -0.729. The lowest BCUT2D eigenvalue weighted by Gasteiger charge is -2.54. The number of quaternary nitrogens is 1. The lowest BCUT2D eigenvalue weighted by Crippen LogP contribution is -3.00. The first-order chi connectivity index (χ1) is 10.6. The molecular weight excluding hydrogens is 272 g/mol. The molecule has 4 aliphatic rings. The Morgan fingerprint density at radius 3 is 2.18 bits per heavy atom. The van der Waals surface area contributed by atoms with E-state index in [9.17, 15) is 4.79 Å². The van der Waals surface area contributed by atoms with Gasteiger partial charge in [-0.15, -0.1) is 0 Å². The summed E-state index contributed by atoms with van der Waals surface area (Å²) in [5, 5.41) is 5.41. The Balaban J connectivity index is 1.34. The second-order valence-electron chi connectivity index (χ2n) is 8.10. The lowest BCUT2D eigenvalue weighted by atomic mass is 9.53. The van der Waals surface area contributed by atoms with Crippen molar-refractivity contribution in [3.63, 3.8) is 0 Å². The van der Waals surface area contributed by atoms with E-state index in [0.29, 0.717) is 12.1 Å². The second kappa shape index (κ2) is 5.38. The first-order valence-corrected chi connectivity index (χ1v) is 8.81. The van der Waals surface area contributed by atoms with Gasteiger partial charge in [-0.25, -0.2) is 0 Å². The molecule has 4 saturated carbocycles. The van der Waals surface area contributed by atoms with Crippen molar-refractivity contribution in [2.24, 2.45) is 17.8 Å². The molecule has 4 bridgehead atoms. The number of carbonyl (C=O) groups excluding carboxylic acids is 1. The van der Waals surface area contributed by atoms with Gasteiger partial charge in [0.25, 0.3) is 5.91 Å². The third kappa shape index (κ3) is 2.79. The first kappa shape index (κ1) is 14.3. The number of nitrogens with one attached hydrogen (secondary N) is 1. The van der Waals surface area contributed by atoms with Crippen LogP contribution in [-0.2, 0) is 4.79 Å². The van der Waals surface area contributed by atoms with Gasteiger partial charge >= 0.3 is 0 Å². The van der Waals surface area contributed by atoms with E-state index in [1.165, 1.54) is 44.1 Å². The Bertz CT molecular complexity index is 528. The fraction of sp³-hybridized carbons (Fsp3) is 0.632. The average molecular weight is 299 g/mol. The van der Waals surface area contributed by atoms with Crippen molar-refractivity contribution in [3.8, 4) is 0 Å². The van der Waals surface area contributed by atoms with Gasteiger partial charge in [-0.3, -0.25) is 4.79 Å². The van der Waals surface area contributed by atoms with Crippen molar-refractivity contribution >= 4 is 11.6 Å². The van der Waals surface area contributed by atoms with Crippen molar-refractivity contribution in [2.75, 3.05) is 11.9 Å². The molecule has 5 rings (SSSR count). The highest BCUT2D eigenvalue weighted by Crippen LogP contribution is 2.54. The van der Waals surface area contributed by atoms with Gasteiger partial charge in [0.1, 0.15) is 0 Å². The van der Waals surface area contributed by atoms with Gasteiger partial charge in [-0.1, -0.05) is 17.7 Å². The van der Waals surface area contributed by atoms with E-state index in [2.05, 4.69) is 17.6 Å². The third-order valence-corrected chi connectivity index (χ3v) is 6.14. The molecule has 0 spiro atoms. The van der Waals surface area contributed by atoms with Crippen molar-refractivity contribution in [2.45, 2.75) is 51.0 Å². The topological polar surface area (TPSA) is 45.7 Å². The van der Waals surface area contributed by atoms with Gasteiger partial charge in [0, 0.05) is 24.9 Å². The number of carbonyl (C=O) groups is 1. The van der Waals surface area contributed by atoms with E-state index in [-0.39, 0.29) is 5.91 Å². The maximum absolute atomic E-state index is 12.2. The third-order valence-electron chi connectivity index (χ3n) is 6.14.